The third-order valence-electron chi connectivity index (χ3n) is 8.02. The molecule has 260 valence electrons. The van der Waals surface area contributed by atoms with Gasteiger partial charge in [0.1, 0.15) is 18.1 Å². The molecule has 0 unspecified atom stereocenters. The maximum atomic E-state index is 13.7. The van der Waals surface area contributed by atoms with Crippen molar-refractivity contribution >= 4 is 35.6 Å². The molecule has 0 aliphatic carbocycles. The third kappa shape index (κ3) is 10.1. The Labute approximate surface area is 296 Å². The van der Waals surface area contributed by atoms with Gasteiger partial charge >= 0.3 is 23.9 Å². The Kier molecular flexibility index (Phi) is 13.6. The Balaban J connectivity index is 1.52. The smallest absolute Gasteiger partial charge is 0.338 e. The number of esters is 4. The van der Waals surface area contributed by atoms with Crippen LogP contribution < -0.4 is 0 Å². The van der Waals surface area contributed by atoms with E-state index in [4.69, 9.17) is 23.7 Å². The van der Waals surface area contributed by atoms with Gasteiger partial charge in [-0.2, -0.15) is 0 Å². The van der Waals surface area contributed by atoms with E-state index in [0.29, 0.717) is 11.3 Å². The van der Waals surface area contributed by atoms with Crippen LogP contribution in [0.5, 0.6) is 0 Å². The zero-order valence-electron chi connectivity index (χ0n) is 27.8. The summed E-state index contributed by atoms with van der Waals surface area (Å²) >= 11 is 1.40. The maximum Gasteiger partial charge on any atom is 0.338 e. The van der Waals surface area contributed by atoms with Crippen LogP contribution in [-0.4, -0.2) is 66.1 Å². The number of hydrogen-bond donors (Lipinski definition) is 0. The molecule has 0 amide bonds. The number of unbranched alkanes of at least 4 members (excludes halogenated alkanes) is 3. The van der Waals surface area contributed by atoms with Crippen molar-refractivity contribution in [1.29, 1.82) is 0 Å². The first-order chi connectivity index (χ1) is 24.4. The number of rotatable bonds is 15. The molecule has 0 aromatic heterocycles. The van der Waals surface area contributed by atoms with Gasteiger partial charge in [-0.25, -0.2) is 19.2 Å². The molecule has 0 N–H and O–H groups in total. The molecule has 1 heterocycles. The van der Waals surface area contributed by atoms with Gasteiger partial charge in [-0.3, -0.25) is 0 Å². The summed E-state index contributed by atoms with van der Waals surface area (Å²) in [6.45, 7) is 1.78. The molecule has 9 nitrogen and oxygen atoms in total. The van der Waals surface area contributed by atoms with Crippen molar-refractivity contribution in [3.63, 3.8) is 0 Å². The zero-order valence-corrected chi connectivity index (χ0v) is 28.6. The van der Waals surface area contributed by atoms with Gasteiger partial charge in [0.15, 0.2) is 18.3 Å². The van der Waals surface area contributed by atoms with Crippen molar-refractivity contribution in [2.75, 3.05) is 12.4 Å². The Morgan fingerprint density at radius 1 is 0.540 bits per heavy atom. The summed E-state index contributed by atoms with van der Waals surface area (Å²) in [5, 5.41) is 0. The highest BCUT2D eigenvalue weighted by Crippen LogP contribution is 2.36. The molecule has 1 aliphatic heterocycles. The number of ether oxygens (including phenoxy) is 5. The summed E-state index contributed by atoms with van der Waals surface area (Å²) in [6.07, 6.45) is -1.01. The average molecular weight is 697 g/mol. The highest BCUT2D eigenvalue weighted by Gasteiger charge is 2.53. The maximum absolute atomic E-state index is 13.7. The van der Waals surface area contributed by atoms with E-state index in [2.05, 4.69) is 6.92 Å². The lowest BCUT2D eigenvalue weighted by Gasteiger charge is -2.44. The molecule has 1 fully saturated rings. The third-order valence-corrected chi connectivity index (χ3v) is 9.25. The predicted octanol–water partition coefficient (Wildman–Crippen LogP) is 7.56. The van der Waals surface area contributed by atoms with Gasteiger partial charge in [-0.15, -0.1) is 11.8 Å². The number of carbonyl (C=O) groups is 4. The van der Waals surface area contributed by atoms with Crippen molar-refractivity contribution in [3.05, 3.63) is 144 Å². The molecule has 1 saturated heterocycles. The standard InChI is InChI=1S/C40H40O9S/c1-2-3-4-17-26-50-40-35(49-39(44)31-24-15-8-16-25-31)34(48-38(43)30-22-13-7-14-23-30)33(47-37(42)29-20-11-6-12-21-29)32(46-40)27-45-36(41)28-18-9-5-10-19-28/h5-16,18-25,32-35,40H,2-4,17,26-27H2,1H3/t32-,33-,34+,35-,40+/m1/s1. The second-order valence-corrected chi connectivity index (χ2v) is 12.9. The zero-order chi connectivity index (χ0) is 35.1. The van der Waals surface area contributed by atoms with Crippen LogP contribution in [0.3, 0.4) is 0 Å². The van der Waals surface area contributed by atoms with Crippen LogP contribution in [0.1, 0.15) is 74.0 Å². The Morgan fingerprint density at radius 3 is 1.42 bits per heavy atom. The summed E-state index contributed by atoms with van der Waals surface area (Å²) in [5.74, 6) is -2.07. The first-order valence-corrected chi connectivity index (χ1v) is 17.8. The van der Waals surface area contributed by atoms with E-state index in [1.54, 1.807) is 121 Å². The summed E-state index contributed by atoms with van der Waals surface area (Å²) in [7, 11) is 0. The van der Waals surface area contributed by atoms with E-state index in [-0.39, 0.29) is 23.3 Å². The second kappa shape index (κ2) is 18.7. The summed E-state index contributed by atoms with van der Waals surface area (Å²) in [4.78, 5) is 53.9. The van der Waals surface area contributed by atoms with Gasteiger partial charge in [-0.05, 0) is 60.7 Å². The highest BCUT2D eigenvalue weighted by molar-refractivity contribution is 7.99. The fourth-order valence-corrected chi connectivity index (χ4v) is 6.61. The van der Waals surface area contributed by atoms with E-state index < -0.39 is 53.7 Å². The van der Waals surface area contributed by atoms with E-state index in [1.807, 2.05) is 0 Å². The molecule has 0 bridgehead atoms. The topological polar surface area (TPSA) is 114 Å². The van der Waals surface area contributed by atoms with Gasteiger partial charge in [0.2, 0.25) is 0 Å². The van der Waals surface area contributed by atoms with Crippen LogP contribution in [0, 0.1) is 0 Å². The predicted molar refractivity (Wildman–Crippen MR) is 189 cm³/mol. The number of carbonyl (C=O) groups excluding carboxylic acids is 4. The van der Waals surface area contributed by atoms with Crippen molar-refractivity contribution in [1.82, 2.24) is 0 Å². The van der Waals surface area contributed by atoms with Crippen LogP contribution in [0.15, 0.2) is 121 Å². The van der Waals surface area contributed by atoms with Crippen LogP contribution in [-0.2, 0) is 23.7 Å². The Morgan fingerprint density at radius 2 is 0.960 bits per heavy atom. The Bertz CT molecular complexity index is 1670. The van der Waals surface area contributed by atoms with Crippen LogP contribution in [0.4, 0.5) is 0 Å². The van der Waals surface area contributed by atoms with E-state index in [0.717, 1.165) is 25.7 Å². The first kappa shape index (κ1) is 36.4. The summed E-state index contributed by atoms with van der Waals surface area (Å²) in [6, 6.07) is 33.5. The van der Waals surface area contributed by atoms with Crippen molar-refractivity contribution in [3.8, 4) is 0 Å². The molecule has 0 spiro atoms. The van der Waals surface area contributed by atoms with Crippen LogP contribution in [0.25, 0.3) is 0 Å². The minimum absolute atomic E-state index is 0.242. The van der Waals surface area contributed by atoms with Crippen molar-refractivity contribution in [2.24, 2.45) is 0 Å². The molecule has 10 heteroatoms. The molecule has 4 aromatic rings. The van der Waals surface area contributed by atoms with Gasteiger partial charge in [-0.1, -0.05) is 99.0 Å². The molecular weight excluding hydrogens is 656 g/mol. The lowest BCUT2D eigenvalue weighted by Crippen LogP contribution is -2.61. The number of hydrogen-bond acceptors (Lipinski definition) is 10. The molecule has 5 rings (SSSR count). The fourth-order valence-electron chi connectivity index (χ4n) is 5.39. The van der Waals surface area contributed by atoms with Gasteiger partial charge in [0.05, 0.1) is 22.3 Å². The molecule has 1 aliphatic rings. The monoisotopic (exact) mass is 696 g/mol. The van der Waals surface area contributed by atoms with Crippen molar-refractivity contribution < 1.29 is 42.9 Å². The average Bonchev–Trinajstić information content (AvgIpc) is 3.17. The normalized spacial score (nSPS) is 19.9. The van der Waals surface area contributed by atoms with Crippen LogP contribution >= 0.6 is 11.8 Å². The fraction of sp³-hybridized carbons (Fsp3) is 0.300. The molecule has 0 radical (unpaired) electrons. The highest BCUT2D eigenvalue weighted by atomic mass is 32.2. The lowest BCUT2D eigenvalue weighted by molar-refractivity contribution is -0.207. The Hall–Kier alpha value is -4.93. The summed E-state index contributed by atoms with van der Waals surface area (Å²) < 4.78 is 30.6. The van der Waals surface area contributed by atoms with Gasteiger partial charge < -0.3 is 23.7 Å². The van der Waals surface area contributed by atoms with Crippen LogP contribution in [0.2, 0.25) is 0 Å². The second-order valence-electron chi connectivity index (χ2n) is 11.6. The minimum atomic E-state index is -1.34. The number of thioether (sulfide) groups is 1. The quantitative estimate of drug-likeness (QED) is 0.0701. The van der Waals surface area contributed by atoms with Crippen molar-refractivity contribution in [2.45, 2.75) is 62.5 Å². The first-order valence-electron chi connectivity index (χ1n) is 16.7. The molecule has 4 aromatic carbocycles. The lowest BCUT2D eigenvalue weighted by atomic mass is 9.98. The molecular formula is C40H40O9S. The van der Waals surface area contributed by atoms with E-state index in [1.165, 1.54) is 11.8 Å². The molecule has 50 heavy (non-hydrogen) atoms. The minimum Gasteiger partial charge on any atom is -0.459 e. The number of benzene rings is 4. The molecule has 0 saturated carbocycles. The molecule has 5 atom stereocenters. The SMILES string of the molecule is CCCCCCS[C@@H]1O[C@H](COC(=O)c2ccccc2)[C@@H](OC(=O)c2ccccc2)[C@H](OC(=O)c2ccccc2)[C@H]1OC(=O)c1ccccc1. The largest absolute Gasteiger partial charge is 0.459 e. The summed E-state index contributed by atoms with van der Waals surface area (Å²) in [5.41, 5.74) is 0.223. The van der Waals surface area contributed by atoms with E-state index in [9.17, 15) is 19.2 Å². The van der Waals surface area contributed by atoms with E-state index >= 15 is 0 Å². The van der Waals surface area contributed by atoms with Gasteiger partial charge in [0.25, 0.3) is 0 Å². The van der Waals surface area contributed by atoms with Gasteiger partial charge in [0, 0.05) is 0 Å².